The zero-order valence-electron chi connectivity index (χ0n) is 7.57. The Morgan fingerprint density at radius 3 is 2.38 bits per heavy atom. The first kappa shape index (κ1) is 9.68. The molecule has 68 valence electrons. The summed E-state index contributed by atoms with van der Waals surface area (Å²) in [4.78, 5) is 10.3. The first-order valence-corrected chi connectivity index (χ1v) is 4.07. The van der Waals surface area contributed by atoms with E-state index in [4.69, 9.17) is 4.74 Å². The molecule has 0 bridgehead atoms. The van der Waals surface area contributed by atoms with Crippen molar-refractivity contribution in [3.8, 4) is 0 Å². The van der Waals surface area contributed by atoms with E-state index in [-0.39, 0.29) is 0 Å². The van der Waals surface area contributed by atoms with Crippen LogP contribution in [0.4, 0.5) is 0 Å². The molecule has 0 aliphatic rings. The Bertz CT molecular complexity index is 285. The number of carbonyl (C=O) groups excluding carboxylic acids is 1. The van der Waals surface area contributed by atoms with Crippen LogP contribution in [0.5, 0.6) is 0 Å². The fourth-order valence-corrected chi connectivity index (χ4v) is 0.966. The molecule has 2 heteroatoms. The lowest BCUT2D eigenvalue weighted by Crippen LogP contribution is -1.81. The molecule has 0 unspecified atom stereocenters. The molecule has 1 aromatic rings. The van der Waals surface area contributed by atoms with Gasteiger partial charge in [-0.15, -0.1) is 0 Å². The second kappa shape index (κ2) is 5.27. The minimum Gasteiger partial charge on any atom is -0.381 e. The smallest absolute Gasteiger partial charge is 0.150 e. The van der Waals surface area contributed by atoms with Gasteiger partial charge in [-0.1, -0.05) is 36.4 Å². The van der Waals surface area contributed by atoms with Crippen molar-refractivity contribution < 1.29 is 9.53 Å². The monoisotopic (exact) mass is 176 g/mol. The summed E-state index contributed by atoms with van der Waals surface area (Å²) in [6.07, 6.45) is 4.72. The highest BCUT2D eigenvalue weighted by molar-refractivity contribution is 5.75. The summed E-state index contributed by atoms with van der Waals surface area (Å²) < 4.78 is 4.87. The number of rotatable bonds is 4. The van der Waals surface area contributed by atoms with E-state index in [1.807, 2.05) is 24.3 Å². The lowest BCUT2D eigenvalue weighted by atomic mass is 10.1. The maximum Gasteiger partial charge on any atom is 0.150 e. The molecule has 0 amide bonds. The molecular formula is C11H12O2. The van der Waals surface area contributed by atoms with Crippen LogP contribution in [0.15, 0.2) is 30.3 Å². The van der Waals surface area contributed by atoms with Crippen LogP contribution >= 0.6 is 0 Å². The molecule has 0 saturated carbocycles. The van der Waals surface area contributed by atoms with Crippen molar-refractivity contribution in [3.05, 3.63) is 41.5 Å². The maximum absolute atomic E-state index is 10.3. The third-order valence-corrected chi connectivity index (χ3v) is 1.65. The number of carbonyl (C=O) groups is 1. The second-order valence-corrected chi connectivity index (χ2v) is 2.64. The van der Waals surface area contributed by atoms with Gasteiger partial charge in [0, 0.05) is 12.7 Å². The van der Waals surface area contributed by atoms with Crippen LogP contribution in [-0.2, 0) is 4.74 Å². The Morgan fingerprint density at radius 2 is 1.85 bits per heavy atom. The minimum atomic E-state index is 0.607. The van der Waals surface area contributed by atoms with Crippen molar-refractivity contribution in [2.75, 3.05) is 13.7 Å². The van der Waals surface area contributed by atoms with Crippen molar-refractivity contribution in [1.82, 2.24) is 0 Å². The van der Waals surface area contributed by atoms with Gasteiger partial charge in [0.1, 0.15) is 6.29 Å². The third kappa shape index (κ3) is 3.22. The van der Waals surface area contributed by atoms with Gasteiger partial charge in [-0.05, 0) is 5.56 Å². The number of benzene rings is 1. The van der Waals surface area contributed by atoms with E-state index in [1.165, 1.54) is 0 Å². The van der Waals surface area contributed by atoms with E-state index in [0.29, 0.717) is 12.2 Å². The SMILES string of the molecule is COC/C=C/c1ccc(C=O)cc1. The molecule has 1 rings (SSSR count). The fourth-order valence-electron chi connectivity index (χ4n) is 0.966. The largest absolute Gasteiger partial charge is 0.381 e. The van der Waals surface area contributed by atoms with Gasteiger partial charge in [-0.25, -0.2) is 0 Å². The summed E-state index contributed by atoms with van der Waals surface area (Å²) in [5.41, 5.74) is 1.77. The molecule has 0 N–H and O–H groups in total. The van der Waals surface area contributed by atoms with E-state index in [1.54, 1.807) is 19.2 Å². The van der Waals surface area contributed by atoms with Gasteiger partial charge in [0.15, 0.2) is 0 Å². The van der Waals surface area contributed by atoms with Crippen molar-refractivity contribution in [2.24, 2.45) is 0 Å². The van der Waals surface area contributed by atoms with Gasteiger partial charge in [-0.3, -0.25) is 4.79 Å². The first-order valence-electron chi connectivity index (χ1n) is 4.07. The molecule has 0 fully saturated rings. The molecule has 0 atom stereocenters. The van der Waals surface area contributed by atoms with Crippen LogP contribution in [0.25, 0.3) is 6.08 Å². The Labute approximate surface area is 77.8 Å². The summed E-state index contributed by atoms with van der Waals surface area (Å²) in [6.45, 7) is 0.607. The molecule has 0 spiro atoms. The lowest BCUT2D eigenvalue weighted by Gasteiger charge is -1.93. The predicted octanol–water partition coefficient (Wildman–Crippen LogP) is 2.16. The van der Waals surface area contributed by atoms with Gasteiger partial charge in [-0.2, -0.15) is 0 Å². The van der Waals surface area contributed by atoms with Gasteiger partial charge in [0.05, 0.1) is 6.61 Å². The van der Waals surface area contributed by atoms with E-state index in [9.17, 15) is 4.79 Å². The molecule has 0 aliphatic heterocycles. The van der Waals surface area contributed by atoms with E-state index in [0.717, 1.165) is 11.8 Å². The minimum absolute atomic E-state index is 0.607. The Hall–Kier alpha value is -1.41. The fraction of sp³-hybridized carbons (Fsp3) is 0.182. The molecule has 0 heterocycles. The van der Waals surface area contributed by atoms with Crippen LogP contribution in [0.1, 0.15) is 15.9 Å². The quantitative estimate of drug-likeness (QED) is 0.657. The molecule has 0 saturated heterocycles. The van der Waals surface area contributed by atoms with Crippen LogP contribution in [0, 0.1) is 0 Å². The summed E-state index contributed by atoms with van der Waals surface area (Å²) in [7, 11) is 1.65. The topological polar surface area (TPSA) is 26.3 Å². The molecule has 0 aromatic heterocycles. The lowest BCUT2D eigenvalue weighted by molar-refractivity contribution is 0.112. The highest BCUT2D eigenvalue weighted by Crippen LogP contribution is 2.04. The number of methoxy groups -OCH3 is 1. The van der Waals surface area contributed by atoms with Gasteiger partial charge >= 0.3 is 0 Å². The number of hydrogen-bond donors (Lipinski definition) is 0. The maximum atomic E-state index is 10.3. The van der Waals surface area contributed by atoms with Crippen LogP contribution in [0.3, 0.4) is 0 Å². The van der Waals surface area contributed by atoms with Crippen LogP contribution in [0.2, 0.25) is 0 Å². The summed E-state index contributed by atoms with van der Waals surface area (Å²) in [5.74, 6) is 0. The van der Waals surface area contributed by atoms with E-state index in [2.05, 4.69) is 0 Å². The molecule has 1 aromatic carbocycles. The van der Waals surface area contributed by atoms with Gasteiger partial charge < -0.3 is 4.74 Å². The number of ether oxygens (including phenoxy) is 1. The van der Waals surface area contributed by atoms with Gasteiger partial charge in [0.2, 0.25) is 0 Å². The van der Waals surface area contributed by atoms with Crippen molar-refractivity contribution in [3.63, 3.8) is 0 Å². The average molecular weight is 176 g/mol. The zero-order valence-corrected chi connectivity index (χ0v) is 7.57. The van der Waals surface area contributed by atoms with E-state index >= 15 is 0 Å². The summed E-state index contributed by atoms with van der Waals surface area (Å²) >= 11 is 0. The Balaban J connectivity index is 2.63. The number of aldehydes is 1. The van der Waals surface area contributed by atoms with Crippen molar-refractivity contribution in [1.29, 1.82) is 0 Å². The highest BCUT2D eigenvalue weighted by Gasteiger charge is 1.88. The first-order chi connectivity index (χ1) is 6.36. The number of hydrogen-bond acceptors (Lipinski definition) is 2. The molecular weight excluding hydrogens is 164 g/mol. The third-order valence-electron chi connectivity index (χ3n) is 1.65. The Kier molecular flexibility index (Phi) is 3.93. The van der Waals surface area contributed by atoms with Crippen molar-refractivity contribution in [2.45, 2.75) is 0 Å². The van der Waals surface area contributed by atoms with E-state index < -0.39 is 0 Å². The molecule has 0 aliphatic carbocycles. The van der Waals surface area contributed by atoms with Crippen molar-refractivity contribution >= 4 is 12.4 Å². The molecule has 13 heavy (non-hydrogen) atoms. The zero-order chi connectivity index (χ0) is 9.52. The van der Waals surface area contributed by atoms with Gasteiger partial charge in [0.25, 0.3) is 0 Å². The molecule has 0 radical (unpaired) electrons. The summed E-state index contributed by atoms with van der Waals surface area (Å²) in [5, 5.41) is 0. The summed E-state index contributed by atoms with van der Waals surface area (Å²) in [6, 6.07) is 7.38. The Morgan fingerprint density at radius 1 is 1.23 bits per heavy atom. The average Bonchev–Trinajstić information content (AvgIpc) is 2.19. The standard InChI is InChI=1S/C11H12O2/c1-13-8-2-3-10-4-6-11(9-12)7-5-10/h2-7,9H,8H2,1H3/b3-2+. The van der Waals surface area contributed by atoms with Crippen LogP contribution in [-0.4, -0.2) is 20.0 Å². The normalized spacial score (nSPS) is 10.5. The second-order valence-electron chi connectivity index (χ2n) is 2.64. The van der Waals surface area contributed by atoms with Crippen LogP contribution < -0.4 is 0 Å². The highest BCUT2D eigenvalue weighted by atomic mass is 16.5. The molecule has 2 nitrogen and oxygen atoms in total. The predicted molar refractivity (Wildman–Crippen MR) is 52.7 cm³/mol.